The first kappa shape index (κ1) is 17.4. The molecule has 1 unspecified atom stereocenters. The third-order valence-electron chi connectivity index (χ3n) is 4.69. The highest BCUT2D eigenvalue weighted by Gasteiger charge is 2.23. The quantitative estimate of drug-likeness (QED) is 0.841. The molecule has 1 saturated heterocycles. The van der Waals surface area contributed by atoms with Crippen molar-refractivity contribution in [1.29, 1.82) is 0 Å². The van der Waals surface area contributed by atoms with Crippen LogP contribution in [0.15, 0.2) is 48.7 Å². The molecular formula is C20H25N3O2. The fraction of sp³-hybridized carbons (Fsp3) is 0.400. The van der Waals surface area contributed by atoms with Crippen LogP contribution >= 0.6 is 0 Å². The van der Waals surface area contributed by atoms with E-state index in [0.717, 1.165) is 32.5 Å². The lowest BCUT2D eigenvalue weighted by Crippen LogP contribution is -2.31. The van der Waals surface area contributed by atoms with Crippen LogP contribution in [0.3, 0.4) is 0 Å². The molecule has 1 amide bonds. The van der Waals surface area contributed by atoms with Crippen LogP contribution in [0.5, 0.6) is 5.88 Å². The van der Waals surface area contributed by atoms with Crippen molar-refractivity contribution in [1.82, 2.24) is 15.2 Å². The molecule has 1 atom stereocenters. The highest BCUT2D eigenvalue weighted by molar-refractivity contribution is 5.96. The van der Waals surface area contributed by atoms with Gasteiger partial charge in [0.2, 0.25) is 5.88 Å². The fourth-order valence-corrected chi connectivity index (χ4v) is 3.27. The molecule has 0 spiro atoms. The van der Waals surface area contributed by atoms with Crippen LogP contribution in [0.2, 0.25) is 0 Å². The van der Waals surface area contributed by atoms with Crippen molar-refractivity contribution in [3.8, 4) is 5.88 Å². The van der Waals surface area contributed by atoms with Gasteiger partial charge in [0.1, 0.15) is 5.56 Å². The average Bonchev–Trinajstić information content (AvgIpc) is 3.13. The number of aromatic nitrogens is 1. The predicted molar refractivity (Wildman–Crippen MR) is 97.8 cm³/mol. The lowest BCUT2D eigenvalue weighted by atomic mass is 10.1. The second-order valence-corrected chi connectivity index (χ2v) is 6.46. The highest BCUT2D eigenvalue weighted by Crippen LogP contribution is 2.17. The topological polar surface area (TPSA) is 54.5 Å². The molecule has 1 aromatic heterocycles. The summed E-state index contributed by atoms with van der Waals surface area (Å²) in [6.07, 6.45) is 3.82. The first-order valence-corrected chi connectivity index (χ1v) is 8.79. The Hall–Kier alpha value is -2.40. The fourth-order valence-electron chi connectivity index (χ4n) is 3.27. The minimum Gasteiger partial charge on any atom is -0.480 e. The zero-order chi connectivity index (χ0) is 17.5. The normalized spacial score (nSPS) is 17.4. The van der Waals surface area contributed by atoms with Crippen molar-refractivity contribution in [3.05, 3.63) is 59.8 Å². The summed E-state index contributed by atoms with van der Waals surface area (Å²) < 4.78 is 5.15. The molecule has 1 aliphatic rings. The number of methoxy groups -OCH3 is 1. The Balaban J connectivity index is 1.43. The Bertz CT molecular complexity index is 690. The van der Waals surface area contributed by atoms with Crippen molar-refractivity contribution in [3.63, 3.8) is 0 Å². The summed E-state index contributed by atoms with van der Waals surface area (Å²) in [5.41, 5.74) is 1.87. The Kier molecular flexibility index (Phi) is 6.01. The number of rotatable bonds is 7. The lowest BCUT2D eigenvalue weighted by Gasteiger charge is -2.16. The summed E-state index contributed by atoms with van der Waals surface area (Å²) in [7, 11) is 1.53. The molecule has 3 rings (SSSR count). The molecule has 0 saturated carbocycles. The van der Waals surface area contributed by atoms with Gasteiger partial charge in [-0.2, -0.15) is 0 Å². The number of hydrogen-bond acceptors (Lipinski definition) is 4. The molecule has 1 N–H and O–H groups in total. The van der Waals surface area contributed by atoms with Gasteiger partial charge in [-0.25, -0.2) is 4.98 Å². The van der Waals surface area contributed by atoms with E-state index in [1.807, 2.05) is 0 Å². The van der Waals surface area contributed by atoms with Crippen molar-refractivity contribution in [2.45, 2.75) is 12.8 Å². The van der Waals surface area contributed by atoms with Gasteiger partial charge in [0.25, 0.3) is 5.91 Å². The predicted octanol–water partition coefficient (Wildman–Crippen LogP) is 2.38. The molecule has 1 fully saturated rings. The van der Waals surface area contributed by atoms with Gasteiger partial charge in [-0.1, -0.05) is 30.3 Å². The molecule has 0 bridgehead atoms. The maximum absolute atomic E-state index is 12.3. The molecule has 2 heterocycles. The minimum atomic E-state index is -0.118. The van der Waals surface area contributed by atoms with Gasteiger partial charge >= 0.3 is 0 Å². The number of likely N-dealkylation sites (tertiary alicyclic amines) is 1. The maximum Gasteiger partial charge on any atom is 0.256 e. The molecule has 132 valence electrons. The van der Waals surface area contributed by atoms with E-state index in [9.17, 15) is 4.79 Å². The van der Waals surface area contributed by atoms with Gasteiger partial charge in [-0.3, -0.25) is 4.79 Å². The van der Waals surface area contributed by atoms with E-state index >= 15 is 0 Å². The Morgan fingerprint density at radius 1 is 1.28 bits per heavy atom. The Morgan fingerprint density at radius 2 is 2.12 bits per heavy atom. The summed E-state index contributed by atoms with van der Waals surface area (Å²) in [6.45, 7) is 3.91. The Labute approximate surface area is 149 Å². The van der Waals surface area contributed by atoms with Crippen molar-refractivity contribution in [2.75, 3.05) is 33.3 Å². The molecular weight excluding hydrogens is 314 g/mol. The van der Waals surface area contributed by atoms with Gasteiger partial charge in [0.15, 0.2) is 0 Å². The molecule has 2 aromatic rings. The minimum absolute atomic E-state index is 0.118. The molecule has 1 aliphatic heterocycles. The van der Waals surface area contributed by atoms with Gasteiger partial charge in [0, 0.05) is 25.8 Å². The highest BCUT2D eigenvalue weighted by atomic mass is 16.5. The molecule has 0 aliphatic carbocycles. The first-order chi connectivity index (χ1) is 12.3. The SMILES string of the molecule is COc1ncccc1C(=O)NCC1CCN(CCc2ccccc2)C1. The number of carbonyl (C=O) groups is 1. The number of amides is 1. The maximum atomic E-state index is 12.3. The van der Waals surface area contributed by atoms with Crippen LogP contribution in [0.25, 0.3) is 0 Å². The molecule has 25 heavy (non-hydrogen) atoms. The summed E-state index contributed by atoms with van der Waals surface area (Å²) in [5.74, 6) is 0.756. The molecule has 1 aromatic carbocycles. The standard InChI is InChI=1S/C20H25N3O2/c1-25-20-18(8-5-11-21-20)19(24)22-14-17-10-13-23(15-17)12-9-16-6-3-2-4-7-16/h2-8,11,17H,9-10,12-15H2,1H3,(H,22,24). The molecule has 0 radical (unpaired) electrons. The van der Waals surface area contributed by atoms with E-state index in [4.69, 9.17) is 4.74 Å². The first-order valence-electron chi connectivity index (χ1n) is 8.79. The Morgan fingerprint density at radius 3 is 2.92 bits per heavy atom. The van der Waals surface area contributed by atoms with Crippen LogP contribution in [0.1, 0.15) is 22.3 Å². The van der Waals surface area contributed by atoms with E-state index in [1.54, 1.807) is 18.3 Å². The van der Waals surface area contributed by atoms with Gasteiger partial charge in [-0.15, -0.1) is 0 Å². The van der Waals surface area contributed by atoms with Crippen LogP contribution in [-0.4, -0.2) is 49.1 Å². The van der Waals surface area contributed by atoms with Crippen molar-refractivity contribution >= 4 is 5.91 Å². The smallest absolute Gasteiger partial charge is 0.256 e. The summed E-state index contributed by atoms with van der Waals surface area (Å²) in [4.78, 5) is 18.9. The van der Waals surface area contributed by atoms with Crippen molar-refractivity contribution in [2.24, 2.45) is 5.92 Å². The van der Waals surface area contributed by atoms with Crippen LogP contribution in [-0.2, 0) is 6.42 Å². The van der Waals surface area contributed by atoms with E-state index in [1.165, 1.54) is 12.7 Å². The molecule has 5 heteroatoms. The van der Waals surface area contributed by atoms with E-state index in [-0.39, 0.29) is 5.91 Å². The van der Waals surface area contributed by atoms with Gasteiger partial charge < -0.3 is 15.0 Å². The zero-order valence-electron chi connectivity index (χ0n) is 14.6. The van der Waals surface area contributed by atoms with Crippen molar-refractivity contribution < 1.29 is 9.53 Å². The summed E-state index contributed by atoms with van der Waals surface area (Å²) >= 11 is 0. The van der Waals surface area contributed by atoms with Crippen LogP contribution < -0.4 is 10.1 Å². The lowest BCUT2D eigenvalue weighted by molar-refractivity contribution is 0.0943. The summed E-state index contributed by atoms with van der Waals surface area (Å²) in [6, 6.07) is 14.1. The monoisotopic (exact) mass is 339 g/mol. The second kappa shape index (κ2) is 8.62. The molecule has 5 nitrogen and oxygen atoms in total. The second-order valence-electron chi connectivity index (χ2n) is 6.46. The number of hydrogen-bond donors (Lipinski definition) is 1. The van der Waals surface area contributed by atoms with Gasteiger partial charge in [-0.05, 0) is 43.0 Å². The summed E-state index contributed by atoms with van der Waals surface area (Å²) in [5, 5.41) is 3.02. The van der Waals surface area contributed by atoms with E-state index in [0.29, 0.717) is 23.9 Å². The zero-order valence-corrected chi connectivity index (χ0v) is 14.6. The van der Waals surface area contributed by atoms with Crippen LogP contribution in [0.4, 0.5) is 0 Å². The number of nitrogens with one attached hydrogen (secondary N) is 1. The van der Waals surface area contributed by atoms with E-state index < -0.39 is 0 Å². The number of benzene rings is 1. The number of carbonyl (C=O) groups excluding carboxylic acids is 1. The largest absolute Gasteiger partial charge is 0.480 e. The average molecular weight is 339 g/mol. The number of nitrogens with zero attached hydrogens (tertiary/aromatic N) is 2. The number of ether oxygens (including phenoxy) is 1. The van der Waals surface area contributed by atoms with Gasteiger partial charge in [0.05, 0.1) is 7.11 Å². The van der Waals surface area contributed by atoms with Crippen LogP contribution in [0, 0.1) is 5.92 Å². The third-order valence-corrected chi connectivity index (χ3v) is 4.69. The number of pyridine rings is 1. The van der Waals surface area contributed by atoms with E-state index in [2.05, 4.69) is 45.5 Å². The third kappa shape index (κ3) is 4.79.